The molecule has 2 nitrogen and oxygen atoms in total. The fourth-order valence-corrected chi connectivity index (χ4v) is 3.32. The van der Waals surface area contributed by atoms with Crippen molar-refractivity contribution in [1.82, 2.24) is 4.90 Å². The van der Waals surface area contributed by atoms with Crippen LogP contribution in [0.3, 0.4) is 0 Å². The third-order valence-electron chi connectivity index (χ3n) is 4.66. The summed E-state index contributed by atoms with van der Waals surface area (Å²) in [5.41, 5.74) is 5.37. The molecule has 1 amide bonds. The van der Waals surface area contributed by atoms with E-state index in [-0.39, 0.29) is 11.9 Å². The van der Waals surface area contributed by atoms with Gasteiger partial charge in [-0.2, -0.15) is 0 Å². The number of amides is 1. The highest BCUT2D eigenvalue weighted by Crippen LogP contribution is 2.32. The van der Waals surface area contributed by atoms with Crippen molar-refractivity contribution in [3.8, 4) is 0 Å². The fourth-order valence-electron chi connectivity index (χ4n) is 3.32. The van der Waals surface area contributed by atoms with Gasteiger partial charge in [-0.05, 0) is 30.4 Å². The molecule has 1 heterocycles. The summed E-state index contributed by atoms with van der Waals surface area (Å²) in [5, 5.41) is 0. The number of rotatable bonds is 9. The van der Waals surface area contributed by atoms with Gasteiger partial charge in [0.15, 0.2) is 0 Å². The molecule has 1 aliphatic rings. The van der Waals surface area contributed by atoms with Crippen molar-refractivity contribution in [2.24, 2.45) is 5.92 Å². The maximum Gasteiger partial charge on any atom is 0.260 e. The van der Waals surface area contributed by atoms with Gasteiger partial charge < -0.3 is 4.90 Å². The van der Waals surface area contributed by atoms with Gasteiger partial charge in [0.05, 0.1) is 11.6 Å². The Hall–Kier alpha value is -1.79. The molecule has 0 saturated carbocycles. The molecule has 0 spiro atoms. The molecular formula is C22H31NO. The lowest BCUT2D eigenvalue weighted by Crippen LogP contribution is -2.56. The van der Waals surface area contributed by atoms with Crippen LogP contribution in [0.4, 0.5) is 0 Å². The van der Waals surface area contributed by atoms with Gasteiger partial charge in [0.2, 0.25) is 0 Å². The first kappa shape index (κ1) is 18.5. The lowest BCUT2D eigenvalue weighted by atomic mass is 9.85. The first-order chi connectivity index (χ1) is 11.6. The Morgan fingerprint density at radius 2 is 1.83 bits per heavy atom. The molecule has 1 aromatic rings. The van der Waals surface area contributed by atoms with Crippen molar-refractivity contribution in [1.29, 1.82) is 0 Å². The van der Waals surface area contributed by atoms with Crippen LogP contribution in [-0.4, -0.2) is 16.8 Å². The van der Waals surface area contributed by atoms with Crippen molar-refractivity contribution in [3.05, 3.63) is 53.3 Å². The van der Waals surface area contributed by atoms with Crippen LogP contribution >= 0.6 is 0 Å². The number of hydrogen-bond acceptors (Lipinski definition) is 1. The summed E-state index contributed by atoms with van der Waals surface area (Å²) >= 11 is 0. The molecule has 1 aromatic carbocycles. The standard InChI is InChI=1S/C22H31NO/c1-4-5-6-7-8-9-13-16-20-21(18(2)3)23(22(20)24)17-19-14-11-10-12-15-19/h10-15,18,21H,4-9,17H2,1-3H3. The lowest BCUT2D eigenvalue weighted by molar-refractivity contribution is -0.139. The maximum atomic E-state index is 12.5. The fraction of sp³-hybridized carbons (Fsp3) is 0.545. The Morgan fingerprint density at radius 3 is 2.50 bits per heavy atom. The summed E-state index contributed by atoms with van der Waals surface area (Å²) in [4.78, 5) is 14.5. The zero-order valence-electron chi connectivity index (χ0n) is 15.4. The molecule has 1 saturated heterocycles. The molecule has 1 unspecified atom stereocenters. The monoisotopic (exact) mass is 325 g/mol. The van der Waals surface area contributed by atoms with Gasteiger partial charge in [-0.3, -0.25) is 4.79 Å². The quantitative estimate of drug-likeness (QED) is 0.254. The molecule has 24 heavy (non-hydrogen) atoms. The first-order valence-corrected chi connectivity index (χ1v) is 9.45. The molecule has 1 atom stereocenters. The zero-order valence-corrected chi connectivity index (χ0v) is 15.4. The van der Waals surface area contributed by atoms with Crippen LogP contribution in [0.1, 0.15) is 64.9 Å². The van der Waals surface area contributed by atoms with E-state index in [1.165, 1.54) is 37.7 Å². The van der Waals surface area contributed by atoms with Crippen molar-refractivity contribution in [3.63, 3.8) is 0 Å². The largest absolute Gasteiger partial charge is 0.326 e. The highest BCUT2D eigenvalue weighted by Gasteiger charge is 2.43. The molecule has 0 radical (unpaired) electrons. The summed E-state index contributed by atoms with van der Waals surface area (Å²) < 4.78 is 0. The number of benzene rings is 1. The molecule has 0 bridgehead atoms. The van der Waals surface area contributed by atoms with Crippen LogP contribution in [-0.2, 0) is 11.3 Å². The number of unbranched alkanes of at least 4 members (excludes halogenated alkanes) is 5. The van der Waals surface area contributed by atoms with E-state index < -0.39 is 0 Å². The third kappa shape index (κ3) is 4.85. The normalized spacial score (nSPS) is 17.0. The van der Waals surface area contributed by atoms with Crippen LogP contribution in [0, 0.1) is 5.92 Å². The average molecular weight is 325 g/mol. The van der Waals surface area contributed by atoms with Crippen molar-refractivity contribution >= 4 is 5.91 Å². The van der Waals surface area contributed by atoms with E-state index in [0.29, 0.717) is 12.5 Å². The molecular weight excluding hydrogens is 294 g/mol. The number of carbonyl (C=O) groups is 1. The van der Waals surface area contributed by atoms with Gasteiger partial charge in [-0.15, -0.1) is 5.73 Å². The lowest BCUT2D eigenvalue weighted by Gasteiger charge is -2.44. The minimum atomic E-state index is 0.153. The summed E-state index contributed by atoms with van der Waals surface area (Å²) in [6.45, 7) is 7.30. The van der Waals surface area contributed by atoms with Crippen LogP contribution in [0.15, 0.2) is 47.7 Å². The van der Waals surface area contributed by atoms with Gasteiger partial charge in [-0.25, -0.2) is 0 Å². The second kappa shape index (κ2) is 9.49. The van der Waals surface area contributed by atoms with Gasteiger partial charge in [0.1, 0.15) is 0 Å². The van der Waals surface area contributed by atoms with E-state index >= 15 is 0 Å². The SMILES string of the molecule is CCCCCCCC=C=C1C(=O)N(Cc2ccccc2)C1C(C)C. The van der Waals surface area contributed by atoms with Crippen LogP contribution < -0.4 is 0 Å². The number of likely N-dealkylation sites (tertiary alicyclic amines) is 1. The minimum absolute atomic E-state index is 0.153. The summed E-state index contributed by atoms with van der Waals surface area (Å²) in [5.74, 6) is 0.576. The zero-order chi connectivity index (χ0) is 17.4. The molecule has 0 N–H and O–H groups in total. The smallest absolute Gasteiger partial charge is 0.260 e. The van der Waals surface area contributed by atoms with Crippen molar-refractivity contribution in [2.45, 2.75) is 71.9 Å². The minimum Gasteiger partial charge on any atom is -0.326 e. The number of β-lactam (4-membered cyclic amide) rings is 1. The van der Waals surface area contributed by atoms with Crippen LogP contribution in [0.2, 0.25) is 0 Å². The predicted molar refractivity (Wildman–Crippen MR) is 101 cm³/mol. The Labute approximate surface area is 147 Å². The molecule has 1 aliphatic heterocycles. The van der Waals surface area contributed by atoms with E-state index in [1.54, 1.807) is 0 Å². The third-order valence-corrected chi connectivity index (χ3v) is 4.66. The number of hydrogen-bond donors (Lipinski definition) is 0. The topological polar surface area (TPSA) is 20.3 Å². The maximum absolute atomic E-state index is 12.5. The first-order valence-electron chi connectivity index (χ1n) is 9.45. The molecule has 0 aromatic heterocycles. The Balaban J connectivity index is 1.93. The molecule has 0 aliphatic carbocycles. The molecule has 2 heteroatoms. The van der Waals surface area contributed by atoms with E-state index in [1.807, 2.05) is 23.1 Å². The van der Waals surface area contributed by atoms with Gasteiger partial charge in [0.25, 0.3) is 5.91 Å². The second-order valence-corrected chi connectivity index (χ2v) is 7.07. The molecule has 1 fully saturated rings. The Kier molecular flexibility index (Phi) is 7.34. The Bertz CT molecular complexity index is 581. The van der Waals surface area contributed by atoms with Crippen LogP contribution in [0.5, 0.6) is 0 Å². The van der Waals surface area contributed by atoms with E-state index in [0.717, 1.165) is 12.0 Å². The van der Waals surface area contributed by atoms with E-state index in [2.05, 4.69) is 44.7 Å². The number of carbonyl (C=O) groups excluding carboxylic acids is 1. The predicted octanol–water partition coefficient (Wildman–Crippen LogP) is 5.50. The summed E-state index contributed by atoms with van der Waals surface area (Å²) in [6.07, 6.45) is 9.52. The Morgan fingerprint density at radius 1 is 1.12 bits per heavy atom. The summed E-state index contributed by atoms with van der Waals surface area (Å²) in [7, 11) is 0. The number of nitrogens with zero attached hydrogens (tertiary/aromatic N) is 1. The van der Waals surface area contributed by atoms with Crippen molar-refractivity contribution in [2.75, 3.05) is 0 Å². The van der Waals surface area contributed by atoms with Gasteiger partial charge in [0, 0.05) is 6.54 Å². The van der Waals surface area contributed by atoms with E-state index in [4.69, 9.17) is 0 Å². The van der Waals surface area contributed by atoms with Gasteiger partial charge >= 0.3 is 0 Å². The van der Waals surface area contributed by atoms with E-state index in [9.17, 15) is 4.79 Å². The summed E-state index contributed by atoms with van der Waals surface area (Å²) in [6, 6.07) is 10.4. The highest BCUT2D eigenvalue weighted by molar-refractivity contribution is 6.01. The van der Waals surface area contributed by atoms with Crippen LogP contribution in [0.25, 0.3) is 0 Å². The van der Waals surface area contributed by atoms with Gasteiger partial charge in [-0.1, -0.05) is 76.8 Å². The van der Waals surface area contributed by atoms with Crippen molar-refractivity contribution < 1.29 is 4.79 Å². The molecule has 130 valence electrons. The highest BCUT2D eigenvalue weighted by atomic mass is 16.2. The molecule has 2 rings (SSSR count). The average Bonchev–Trinajstić information content (AvgIpc) is 2.58. The second-order valence-electron chi connectivity index (χ2n) is 7.07.